The van der Waals surface area contributed by atoms with Crippen molar-refractivity contribution in [1.29, 1.82) is 0 Å². The fourth-order valence-corrected chi connectivity index (χ4v) is 1.46. The first-order chi connectivity index (χ1) is 7.61. The Labute approximate surface area is 89.3 Å². The second-order valence-corrected chi connectivity index (χ2v) is 3.07. The Morgan fingerprint density at radius 1 is 1.19 bits per heavy atom. The molecule has 0 radical (unpaired) electrons. The molecule has 1 aromatic carbocycles. The first kappa shape index (κ1) is 10.1. The van der Waals surface area contributed by atoms with Crippen molar-refractivity contribution in [3.05, 3.63) is 45.5 Å². The quantitative estimate of drug-likeness (QED) is 0.420. The molecule has 1 aromatic rings. The predicted octanol–water partition coefficient (Wildman–Crippen LogP) is 0.448. The minimum absolute atomic E-state index is 0.236. The maximum absolute atomic E-state index is 11.6. The number of fused-ring (bicyclic) bond motifs is 1. The highest BCUT2D eigenvalue weighted by Gasteiger charge is 2.35. The number of rotatable bonds is 3. The summed E-state index contributed by atoms with van der Waals surface area (Å²) in [5.74, 6) is -1.16. The number of nitrogens with zero attached hydrogens (tertiary/aromatic N) is 2. The third-order valence-electron chi connectivity index (χ3n) is 2.17. The van der Waals surface area contributed by atoms with E-state index in [4.69, 9.17) is 0 Å². The SMILES string of the molecule is O=C1c2ccccc2C(=O)N1CO[N+](=O)[O-]. The van der Waals surface area contributed by atoms with Crippen molar-refractivity contribution < 1.29 is 19.5 Å². The highest BCUT2D eigenvalue weighted by Crippen LogP contribution is 2.21. The summed E-state index contributed by atoms with van der Waals surface area (Å²) in [5, 5.41) is 8.92. The summed E-state index contributed by atoms with van der Waals surface area (Å²) in [7, 11) is 0. The highest BCUT2D eigenvalue weighted by molar-refractivity contribution is 6.21. The van der Waals surface area contributed by atoms with E-state index in [9.17, 15) is 19.7 Å². The molecule has 0 N–H and O–H groups in total. The van der Waals surface area contributed by atoms with Crippen molar-refractivity contribution in [1.82, 2.24) is 4.90 Å². The molecule has 0 spiro atoms. The number of hydrogen-bond acceptors (Lipinski definition) is 5. The maximum atomic E-state index is 11.6. The molecule has 0 aromatic heterocycles. The van der Waals surface area contributed by atoms with E-state index >= 15 is 0 Å². The van der Waals surface area contributed by atoms with Crippen molar-refractivity contribution >= 4 is 11.8 Å². The molecule has 1 aliphatic rings. The van der Waals surface area contributed by atoms with Gasteiger partial charge >= 0.3 is 0 Å². The normalized spacial score (nSPS) is 13.9. The molecule has 0 unspecified atom stereocenters. The summed E-state index contributed by atoms with van der Waals surface area (Å²) in [4.78, 5) is 37.9. The number of amides is 2. The number of carbonyl (C=O) groups excluding carboxylic acids is 2. The Morgan fingerprint density at radius 2 is 1.69 bits per heavy atom. The van der Waals surface area contributed by atoms with E-state index in [-0.39, 0.29) is 11.1 Å². The lowest BCUT2D eigenvalue weighted by Gasteiger charge is -2.10. The van der Waals surface area contributed by atoms with Crippen molar-refractivity contribution in [2.24, 2.45) is 0 Å². The lowest BCUT2D eigenvalue weighted by molar-refractivity contribution is -0.761. The molecule has 0 saturated carbocycles. The Hall–Kier alpha value is -2.44. The van der Waals surface area contributed by atoms with E-state index in [1.54, 1.807) is 12.1 Å². The van der Waals surface area contributed by atoms with Gasteiger partial charge in [0.1, 0.15) is 0 Å². The minimum Gasteiger partial charge on any atom is -0.292 e. The molecule has 0 atom stereocenters. The van der Waals surface area contributed by atoms with Gasteiger partial charge in [-0.05, 0) is 12.1 Å². The summed E-state index contributed by atoms with van der Waals surface area (Å²) in [6, 6.07) is 6.20. The topological polar surface area (TPSA) is 89.8 Å². The van der Waals surface area contributed by atoms with Crippen molar-refractivity contribution in [2.45, 2.75) is 0 Å². The van der Waals surface area contributed by atoms with Crippen molar-refractivity contribution in [2.75, 3.05) is 6.73 Å². The van der Waals surface area contributed by atoms with Crippen molar-refractivity contribution in [3.8, 4) is 0 Å². The van der Waals surface area contributed by atoms with Gasteiger partial charge in [-0.1, -0.05) is 12.1 Å². The molecule has 7 nitrogen and oxygen atoms in total. The molecule has 2 rings (SSSR count). The smallest absolute Gasteiger partial charge is 0.292 e. The van der Waals surface area contributed by atoms with Gasteiger partial charge in [0.2, 0.25) is 0 Å². The molecule has 16 heavy (non-hydrogen) atoms. The lowest BCUT2D eigenvalue weighted by atomic mass is 10.1. The summed E-state index contributed by atoms with van der Waals surface area (Å²) >= 11 is 0. The Balaban J connectivity index is 2.25. The Morgan fingerprint density at radius 3 is 2.12 bits per heavy atom. The zero-order valence-corrected chi connectivity index (χ0v) is 7.95. The summed E-state index contributed by atoms with van der Waals surface area (Å²) < 4.78 is 0. The minimum atomic E-state index is -1.05. The fraction of sp³-hybridized carbons (Fsp3) is 0.111. The second kappa shape index (κ2) is 3.61. The van der Waals surface area contributed by atoms with Crippen LogP contribution in [0.1, 0.15) is 20.7 Å². The first-order valence-corrected chi connectivity index (χ1v) is 4.34. The molecule has 0 aliphatic carbocycles. The van der Waals surface area contributed by atoms with E-state index in [0.717, 1.165) is 0 Å². The van der Waals surface area contributed by atoms with Crippen LogP contribution < -0.4 is 0 Å². The van der Waals surface area contributed by atoms with Crippen LogP contribution >= 0.6 is 0 Å². The van der Waals surface area contributed by atoms with Gasteiger partial charge in [-0.3, -0.25) is 14.4 Å². The Bertz CT molecular complexity index is 450. The Kier molecular flexibility index (Phi) is 2.28. The van der Waals surface area contributed by atoms with Crippen LogP contribution in [0.5, 0.6) is 0 Å². The molecular formula is C9H6N2O5. The summed E-state index contributed by atoms with van der Waals surface area (Å²) in [6.07, 6.45) is 0. The largest absolute Gasteiger partial charge is 0.296 e. The van der Waals surface area contributed by atoms with Gasteiger partial charge in [0.25, 0.3) is 16.9 Å². The molecule has 1 heterocycles. The zero-order chi connectivity index (χ0) is 11.7. The van der Waals surface area contributed by atoms with Crippen LogP contribution in [0.15, 0.2) is 24.3 Å². The fourth-order valence-electron chi connectivity index (χ4n) is 1.46. The second-order valence-electron chi connectivity index (χ2n) is 3.07. The third-order valence-corrected chi connectivity index (χ3v) is 2.17. The van der Waals surface area contributed by atoms with Crippen LogP contribution in [0, 0.1) is 10.1 Å². The molecule has 1 aliphatic heterocycles. The van der Waals surface area contributed by atoms with E-state index in [1.807, 2.05) is 0 Å². The summed E-state index contributed by atoms with van der Waals surface area (Å²) in [5.41, 5.74) is 0.471. The molecule has 0 fully saturated rings. The van der Waals surface area contributed by atoms with Gasteiger partial charge in [-0.15, -0.1) is 10.1 Å². The average molecular weight is 222 g/mol. The number of benzene rings is 1. The van der Waals surface area contributed by atoms with Gasteiger partial charge in [0.05, 0.1) is 11.1 Å². The molecule has 2 amide bonds. The van der Waals surface area contributed by atoms with E-state index < -0.39 is 23.6 Å². The van der Waals surface area contributed by atoms with Crippen LogP contribution in [0.3, 0.4) is 0 Å². The van der Waals surface area contributed by atoms with E-state index in [1.165, 1.54) is 12.1 Å². The molecule has 0 saturated heterocycles. The molecular weight excluding hydrogens is 216 g/mol. The van der Waals surface area contributed by atoms with Crippen LogP contribution in [0.25, 0.3) is 0 Å². The highest BCUT2D eigenvalue weighted by atomic mass is 17.0. The van der Waals surface area contributed by atoms with Crippen molar-refractivity contribution in [3.63, 3.8) is 0 Å². The standard InChI is InChI=1S/C9H6N2O5/c12-8-6-3-1-2-4-7(6)9(13)10(8)5-16-11(14)15/h1-4H,5H2. The third kappa shape index (κ3) is 1.48. The molecule has 7 heteroatoms. The average Bonchev–Trinajstić information content (AvgIpc) is 2.50. The molecule has 0 bridgehead atoms. The van der Waals surface area contributed by atoms with E-state index in [0.29, 0.717) is 4.90 Å². The van der Waals surface area contributed by atoms with E-state index in [2.05, 4.69) is 4.84 Å². The number of imide groups is 1. The van der Waals surface area contributed by atoms with Crippen LogP contribution in [-0.4, -0.2) is 28.5 Å². The van der Waals surface area contributed by atoms with Gasteiger partial charge in [0, 0.05) is 0 Å². The maximum Gasteiger partial charge on any atom is 0.296 e. The van der Waals surface area contributed by atoms with Crippen LogP contribution in [-0.2, 0) is 4.84 Å². The zero-order valence-electron chi connectivity index (χ0n) is 7.95. The number of carbonyl (C=O) groups is 2. The number of hydrogen-bond donors (Lipinski definition) is 0. The lowest BCUT2D eigenvalue weighted by Crippen LogP contribution is -2.33. The van der Waals surface area contributed by atoms with Crippen LogP contribution in [0.4, 0.5) is 0 Å². The monoisotopic (exact) mass is 222 g/mol. The van der Waals surface area contributed by atoms with Gasteiger partial charge < -0.3 is 0 Å². The summed E-state index contributed by atoms with van der Waals surface area (Å²) in [6.45, 7) is -0.681. The van der Waals surface area contributed by atoms with Crippen LogP contribution in [0.2, 0.25) is 0 Å². The van der Waals surface area contributed by atoms with Gasteiger partial charge in [-0.25, -0.2) is 4.90 Å². The predicted molar refractivity (Wildman–Crippen MR) is 49.9 cm³/mol. The van der Waals surface area contributed by atoms with Gasteiger partial charge in [0.15, 0.2) is 6.73 Å². The first-order valence-electron chi connectivity index (χ1n) is 4.34. The molecule has 82 valence electrons. The van der Waals surface area contributed by atoms with Gasteiger partial charge in [-0.2, -0.15) is 0 Å².